The molecule has 0 heterocycles. The third-order valence-electron chi connectivity index (χ3n) is 0.654. The molecule has 0 aliphatic rings. The maximum absolute atomic E-state index is 4.99. The Labute approximate surface area is 64.4 Å². The van der Waals surface area contributed by atoms with Gasteiger partial charge in [-0.25, -0.2) is 0 Å². The van der Waals surface area contributed by atoms with Gasteiger partial charge in [-0.1, -0.05) is 18.2 Å². The summed E-state index contributed by atoms with van der Waals surface area (Å²) in [6, 6.07) is 0. The van der Waals surface area contributed by atoms with Crippen molar-refractivity contribution in [3.63, 3.8) is 0 Å². The number of rotatable bonds is 3. The normalized spacial score (nSPS) is 8.70. The first kappa shape index (κ1) is 12.1. The summed E-state index contributed by atoms with van der Waals surface area (Å²) in [5.74, 6) is 0. The van der Waals surface area contributed by atoms with E-state index in [4.69, 9.17) is 4.74 Å². The largest absolute Gasteiger partial charge is 0.378 e. The summed E-state index contributed by atoms with van der Waals surface area (Å²) in [7, 11) is 0. The van der Waals surface area contributed by atoms with Crippen molar-refractivity contribution in [1.29, 1.82) is 0 Å². The minimum absolute atomic E-state index is 0.757. The van der Waals surface area contributed by atoms with Crippen LogP contribution in [0.3, 0.4) is 0 Å². The van der Waals surface area contributed by atoms with Crippen LogP contribution in [0.1, 0.15) is 20.8 Å². The van der Waals surface area contributed by atoms with Crippen molar-refractivity contribution in [3.8, 4) is 0 Å². The zero-order valence-electron chi connectivity index (χ0n) is 7.26. The molecule has 0 aromatic carbocycles. The second kappa shape index (κ2) is 15.8. The summed E-state index contributed by atoms with van der Waals surface area (Å²) in [4.78, 5) is 0. The van der Waals surface area contributed by atoms with Crippen molar-refractivity contribution in [2.75, 3.05) is 13.2 Å². The minimum Gasteiger partial charge on any atom is -0.378 e. The Bertz CT molecular complexity index is 74.8. The topological polar surface area (TPSA) is 9.23 Å². The van der Waals surface area contributed by atoms with Crippen molar-refractivity contribution in [3.05, 3.63) is 24.8 Å². The van der Waals surface area contributed by atoms with Crippen molar-refractivity contribution < 1.29 is 4.74 Å². The summed E-state index contributed by atoms with van der Waals surface area (Å²) < 4.78 is 4.99. The van der Waals surface area contributed by atoms with Gasteiger partial charge in [-0.15, -0.1) is 6.58 Å². The van der Waals surface area contributed by atoms with Crippen LogP contribution < -0.4 is 0 Å². The average Bonchev–Trinajstić information content (AvgIpc) is 1.91. The molecule has 0 amide bonds. The lowest BCUT2D eigenvalue weighted by Crippen LogP contribution is -1.86. The zero-order chi connectivity index (χ0) is 8.24. The molecule has 0 aliphatic heterocycles. The molecule has 0 atom stereocenters. The van der Waals surface area contributed by atoms with Crippen LogP contribution in [0.15, 0.2) is 24.8 Å². The van der Waals surface area contributed by atoms with E-state index < -0.39 is 0 Å². The molecule has 0 fully saturated rings. The summed E-state index contributed by atoms with van der Waals surface area (Å²) in [5.41, 5.74) is 0. The molecule has 0 N–H and O–H groups in total. The van der Waals surface area contributed by atoms with Gasteiger partial charge in [0.1, 0.15) is 0 Å². The SMILES string of the molecule is C=CC.CC=CCOCC. The van der Waals surface area contributed by atoms with Crippen molar-refractivity contribution in [2.24, 2.45) is 0 Å². The Morgan fingerprint density at radius 2 is 1.90 bits per heavy atom. The molecule has 10 heavy (non-hydrogen) atoms. The van der Waals surface area contributed by atoms with E-state index in [0.717, 1.165) is 13.2 Å². The molecule has 0 saturated heterocycles. The molecular weight excluding hydrogens is 124 g/mol. The van der Waals surface area contributed by atoms with Crippen LogP contribution in [-0.2, 0) is 4.74 Å². The van der Waals surface area contributed by atoms with E-state index in [9.17, 15) is 0 Å². The van der Waals surface area contributed by atoms with Crippen LogP contribution in [0, 0.1) is 0 Å². The molecule has 1 heteroatoms. The number of ether oxygens (including phenoxy) is 1. The van der Waals surface area contributed by atoms with E-state index in [1.807, 2.05) is 32.9 Å². The number of allylic oxidation sites excluding steroid dienone is 2. The third kappa shape index (κ3) is 26.1. The molecular formula is C9H18O. The standard InChI is InChI=1S/C6H12O.C3H6/c1-3-5-6-7-4-2;1-3-2/h3,5H,4,6H2,1-2H3;3H,1H2,2H3. The summed E-state index contributed by atoms with van der Waals surface area (Å²) in [6.45, 7) is 10.8. The van der Waals surface area contributed by atoms with Gasteiger partial charge in [0, 0.05) is 6.61 Å². The van der Waals surface area contributed by atoms with Crippen LogP contribution in [0.25, 0.3) is 0 Å². The van der Waals surface area contributed by atoms with Gasteiger partial charge in [0.25, 0.3) is 0 Å². The highest BCUT2D eigenvalue weighted by atomic mass is 16.5. The van der Waals surface area contributed by atoms with Gasteiger partial charge in [0.2, 0.25) is 0 Å². The van der Waals surface area contributed by atoms with Crippen molar-refractivity contribution in [2.45, 2.75) is 20.8 Å². The van der Waals surface area contributed by atoms with E-state index in [1.54, 1.807) is 6.08 Å². The fraction of sp³-hybridized carbons (Fsp3) is 0.556. The molecule has 0 aromatic heterocycles. The van der Waals surface area contributed by atoms with Crippen molar-refractivity contribution >= 4 is 0 Å². The molecule has 60 valence electrons. The molecule has 0 unspecified atom stereocenters. The Kier molecular flexibility index (Phi) is 19.2. The molecule has 0 aliphatic carbocycles. The lowest BCUT2D eigenvalue weighted by Gasteiger charge is -1.89. The van der Waals surface area contributed by atoms with Gasteiger partial charge in [0.05, 0.1) is 6.61 Å². The van der Waals surface area contributed by atoms with Crippen LogP contribution in [0.2, 0.25) is 0 Å². The van der Waals surface area contributed by atoms with Gasteiger partial charge in [-0.05, 0) is 20.8 Å². The summed E-state index contributed by atoms with van der Waals surface area (Å²) in [5, 5.41) is 0. The second-order valence-electron chi connectivity index (χ2n) is 1.64. The van der Waals surface area contributed by atoms with Crippen LogP contribution >= 0.6 is 0 Å². The molecule has 0 bridgehead atoms. The predicted octanol–water partition coefficient (Wildman–Crippen LogP) is 2.79. The lowest BCUT2D eigenvalue weighted by atomic mass is 10.5. The summed E-state index contributed by atoms with van der Waals surface area (Å²) in [6.07, 6.45) is 5.72. The fourth-order valence-electron chi connectivity index (χ4n) is 0.282. The molecule has 0 spiro atoms. The molecule has 0 rings (SSSR count). The van der Waals surface area contributed by atoms with E-state index in [1.165, 1.54) is 0 Å². The van der Waals surface area contributed by atoms with Gasteiger partial charge < -0.3 is 4.74 Å². The smallest absolute Gasteiger partial charge is 0.0647 e. The highest BCUT2D eigenvalue weighted by Crippen LogP contribution is 1.73. The first-order valence-electron chi connectivity index (χ1n) is 3.59. The molecule has 1 nitrogen and oxygen atoms in total. The first-order chi connectivity index (χ1) is 4.83. The van der Waals surface area contributed by atoms with Gasteiger partial charge >= 0.3 is 0 Å². The second-order valence-corrected chi connectivity index (χ2v) is 1.64. The van der Waals surface area contributed by atoms with Crippen LogP contribution in [0.4, 0.5) is 0 Å². The fourth-order valence-corrected chi connectivity index (χ4v) is 0.282. The van der Waals surface area contributed by atoms with Gasteiger partial charge in [-0.2, -0.15) is 0 Å². The third-order valence-corrected chi connectivity index (χ3v) is 0.654. The van der Waals surface area contributed by atoms with E-state index in [-0.39, 0.29) is 0 Å². The van der Waals surface area contributed by atoms with E-state index in [2.05, 4.69) is 6.58 Å². The Hall–Kier alpha value is -0.560. The zero-order valence-corrected chi connectivity index (χ0v) is 7.26. The van der Waals surface area contributed by atoms with Crippen molar-refractivity contribution in [1.82, 2.24) is 0 Å². The van der Waals surface area contributed by atoms with Crippen LogP contribution in [-0.4, -0.2) is 13.2 Å². The van der Waals surface area contributed by atoms with Gasteiger partial charge in [0.15, 0.2) is 0 Å². The highest BCUT2D eigenvalue weighted by molar-refractivity contribution is 4.75. The number of hydrogen-bond donors (Lipinski definition) is 0. The highest BCUT2D eigenvalue weighted by Gasteiger charge is 1.69. The quantitative estimate of drug-likeness (QED) is 0.435. The maximum atomic E-state index is 4.99. The lowest BCUT2D eigenvalue weighted by molar-refractivity contribution is 0.177. The molecule has 0 radical (unpaired) electrons. The first-order valence-corrected chi connectivity index (χ1v) is 3.59. The molecule has 0 saturated carbocycles. The maximum Gasteiger partial charge on any atom is 0.0647 e. The van der Waals surface area contributed by atoms with Gasteiger partial charge in [-0.3, -0.25) is 0 Å². The van der Waals surface area contributed by atoms with E-state index >= 15 is 0 Å². The van der Waals surface area contributed by atoms with Crippen LogP contribution in [0.5, 0.6) is 0 Å². The number of hydrogen-bond acceptors (Lipinski definition) is 1. The monoisotopic (exact) mass is 142 g/mol. The summed E-state index contributed by atoms with van der Waals surface area (Å²) >= 11 is 0. The van der Waals surface area contributed by atoms with E-state index in [0.29, 0.717) is 0 Å². The predicted molar refractivity (Wildman–Crippen MR) is 47.2 cm³/mol. The Morgan fingerprint density at radius 1 is 1.40 bits per heavy atom. The molecule has 0 aromatic rings. The Balaban J connectivity index is 0. The Morgan fingerprint density at radius 3 is 2.20 bits per heavy atom. The minimum atomic E-state index is 0.757. The average molecular weight is 142 g/mol.